The van der Waals surface area contributed by atoms with E-state index in [9.17, 15) is 17.6 Å². The number of carbonyl (C=O) groups is 1. The Kier molecular flexibility index (Phi) is 6.85. The highest BCUT2D eigenvalue weighted by molar-refractivity contribution is 7.92. The van der Waals surface area contributed by atoms with Gasteiger partial charge in [0.25, 0.3) is 15.9 Å². The molecule has 1 aliphatic rings. The minimum Gasteiger partial charge on any atom is -0.378 e. The van der Waals surface area contributed by atoms with Crippen LogP contribution in [0.1, 0.15) is 15.9 Å². The first kappa shape index (κ1) is 22.7. The molecule has 0 unspecified atom stereocenters. The van der Waals surface area contributed by atoms with E-state index in [1.165, 1.54) is 42.5 Å². The molecule has 0 radical (unpaired) electrons. The molecule has 0 atom stereocenters. The minimum atomic E-state index is -4.00. The van der Waals surface area contributed by atoms with Crippen molar-refractivity contribution in [2.75, 3.05) is 35.9 Å². The third-order valence-electron chi connectivity index (χ3n) is 5.16. The van der Waals surface area contributed by atoms with Gasteiger partial charge >= 0.3 is 0 Å². The maximum absolute atomic E-state index is 13.8. The second-order valence-corrected chi connectivity index (χ2v) is 9.06. The number of sulfonamides is 1. The summed E-state index contributed by atoms with van der Waals surface area (Å²) >= 11 is 0. The Balaban J connectivity index is 1.42. The second kappa shape index (κ2) is 9.97. The molecule has 0 aliphatic carbocycles. The summed E-state index contributed by atoms with van der Waals surface area (Å²) in [6.45, 7) is 2.99. The number of pyridine rings is 1. The van der Waals surface area contributed by atoms with E-state index in [0.29, 0.717) is 18.8 Å². The fourth-order valence-electron chi connectivity index (χ4n) is 3.44. The number of para-hydroxylation sites is 1. The van der Waals surface area contributed by atoms with Crippen molar-refractivity contribution in [3.05, 3.63) is 83.8 Å². The van der Waals surface area contributed by atoms with Crippen molar-refractivity contribution in [1.82, 2.24) is 10.3 Å². The van der Waals surface area contributed by atoms with Gasteiger partial charge in [0.15, 0.2) is 0 Å². The first-order valence-electron chi connectivity index (χ1n) is 10.4. The van der Waals surface area contributed by atoms with Gasteiger partial charge in [-0.05, 0) is 42.5 Å². The van der Waals surface area contributed by atoms with E-state index in [4.69, 9.17) is 4.74 Å². The van der Waals surface area contributed by atoms with Gasteiger partial charge in [-0.25, -0.2) is 17.8 Å². The Bertz CT molecular complexity index is 1230. The predicted molar refractivity (Wildman–Crippen MR) is 122 cm³/mol. The SMILES string of the molecule is O=C(NCc1cccnc1N1CCOCC1)c1ccc(S(=O)(=O)Nc2ccccc2F)cc1. The smallest absolute Gasteiger partial charge is 0.261 e. The van der Waals surface area contributed by atoms with Crippen LogP contribution in [0, 0.1) is 5.82 Å². The molecule has 4 rings (SSSR count). The van der Waals surface area contributed by atoms with Crippen LogP contribution in [-0.2, 0) is 21.3 Å². The molecule has 2 aromatic carbocycles. The highest BCUT2D eigenvalue weighted by Crippen LogP contribution is 2.20. The summed E-state index contributed by atoms with van der Waals surface area (Å²) in [4.78, 5) is 19.1. The zero-order valence-corrected chi connectivity index (χ0v) is 18.5. The number of rotatable bonds is 7. The summed E-state index contributed by atoms with van der Waals surface area (Å²) < 4.78 is 46.4. The van der Waals surface area contributed by atoms with Crippen molar-refractivity contribution < 1.29 is 22.3 Å². The molecule has 172 valence electrons. The van der Waals surface area contributed by atoms with Crippen LogP contribution in [-0.4, -0.2) is 45.6 Å². The number of ether oxygens (including phenoxy) is 1. The summed E-state index contributed by atoms with van der Waals surface area (Å²) in [6, 6.07) is 14.7. The van der Waals surface area contributed by atoms with Crippen molar-refractivity contribution in [2.24, 2.45) is 0 Å². The van der Waals surface area contributed by atoms with Gasteiger partial charge in [-0.2, -0.15) is 0 Å². The van der Waals surface area contributed by atoms with Crippen LogP contribution in [0.2, 0.25) is 0 Å². The summed E-state index contributed by atoms with van der Waals surface area (Å²) in [5.41, 5.74) is 1.03. The number of anilines is 2. The average Bonchev–Trinajstić information content (AvgIpc) is 2.85. The number of carbonyl (C=O) groups excluding carboxylic acids is 1. The fourth-order valence-corrected chi connectivity index (χ4v) is 4.51. The number of benzene rings is 2. The summed E-state index contributed by atoms with van der Waals surface area (Å²) in [5.74, 6) is -0.219. The zero-order valence-electron chi connectivity index (χ0n) is 17.7. The first-order chi connectivity index (χ1) is 15.9. The lowest BCUT2D eigenvalue weighted by Gasteiger charge is -2.29. The number of amides is 1. The number of morpholine rings is 1. The van der Waals surface area contributed by atoms with Crippen LogP contribution in [0.25, 0.3) is 0 Å². The van der Waals surface area contributed by atoms with E-state index in [1.54, 1.807) is 6.20 Å². The van der Waals surface area contributed by atoms with Crippen molar-refractivity contribution >= 4 is 27.4 Å². The van der Waals surface area contributed by atoms with E-state index >= 15 is 0 Å². The van der Waals surface area contributed by atoms with Crippen LogP contribution in [0.5, 0.6) is 0 Å². The first-order valence-corrected chi connectivity index (χ1v) is 11.8. The number of halogens is 1. The molecule has 1 aromatic heterocycles. The Hall–Kier alpha value is -3.50. The average molecular weight is 471 g/mol. The van der Waals surface area contributed by atoms with Crippen LogP contribution in [0.3, 0.4) is 0 Å². The molecule has 1 saturated heterocycles. The summed E-state index contributed by atoms with van der Waals surface area (Å²) in [7, 11) is -4.00. The van der Waals surface area contributed by atoms with Gasteiger partial charge in [0, 0.05) is 37.0 Å². The van der Waals surface area contributed by atoms with Gasteiger partial charge in [-0.3, -0.25) is 9.52 Å². The van der Waals surface area contributed by atoms with Crippen LogP contribution >= 0.6 is 0 Å². The van der Waals surface area contributed by atoms with Gasteiger partial charge in [0.05, 0.1) is 23.8 Å². The Morgan fingerprint density at radius 1 is 1.03 bits per heavy atom. The largest absolute Gasteiger partial charge is 0.378 e. The van der Waals surface area contributed by atoms with E-state index in [0.717, 1.165) is 30.5 Å². The van der Waals surface area contributed by atoms with Crippen molar-refractivity contribution in [3.8, 4) is 0 Å². The van der Waals surface area contributed by atoms with Crippen molar-refractivity contribution in [2.45, 2.75) is 11.4 Å². The van der Waals surface area contributed by atoms with E-state index in [-0.39, 0.29) is 23.0 Å². The predicted octanol–water partition coefficient (Wildman–Crippen LogP) is 2.79. The Labute approximate surface area is 191 Å². The van der Waals surface area contributed by atoms with Crippen molar-refractivity contribution in [1.29, 1.82) is 0 Å². The number of aromatic nitrogens is 1. The van der Waals surface area contributed by atoms with E-state index < -0.39 is 15.8 Å². The van der Waals surface area contributed by atoms with E-state index in [2.05, 4.69) is 19.9 Å². The third-order valence-corrected chi connectivity index (χ3v) is 6.54. The fraction of sp³-hybridized carbons (Fsp3) is 0.217. The highest BCUT2D eigenvalue weighted by atomic mass is 32.2. The normalized spacial score (nSPS) is 14.0. The molecule has 1 amide bonds. The lowest BCUT2D eigenvalue weighted by molar-refractivity contribution is 0.0950. The lowest BCUT2D eigenvalue weighted by atomic mass is 10.2. The molecule has 33 heavy (non-hydrogen) atoms. The molecule has 10 heteroatoms. The molecule has 2 heterocycles. The molecule has 0 spiro atoms. The number of hydrogen-bond acceptors (Lipinski definition) is 6. The van der Waals surface area contributed by atoms with Gasteiger partial charge < -0.3 is 15.0 Å². The molecular weight excluding hydrogens is 447 g/mol. The maximum Gasteiger partial charge on any atom is 0.261 e. The van der Waals surface area contributed by atoms with Gasteiger partial charge in [-0.1, -0.05) is 18.2 Å². The zero-order chi connectivity index (χ0) is 23.3. The summed E-state index contributed by atoms with van der Waals surface area (Å²) in [5, 5.41) is 2.85. The topological polar surface area (TPSA) is 101 Å². The lowest BCUT2D eigenvalue weighted by Crippen LogP contribution is -2.37. The van der Waals surface area contributed by atoms with Gasteiger partial charge in [0.1, 0.15) is 11.6 Å². The van der Waals surface area contributed by atoms with Crippen LogP contribution in [0.4, 0.5) is 15.9 Å². The molecular formula is C23H23FN4O4S. The quantitative estimate of drug-likeness (QED) is 0.551. The minimum absolute atomic E-state index is 0.0795. The number of nitrogens with zero attached hydrogens (tertiary/aromatic N) is 2. The molecule has 0 saturated carbocycles. The molecule has 1 aliphatic heterocycles. The van der Waals surface area contributed by atoms with Crippen molar-refractivity contribution in [3.63, 3.8) is 0 Å². The highest BCUT2D eigenvalue weighted by Gasteiger charge is 2.18. The number of hydrogen-bond donors (Lipinski definition) is 2. The number of nitrogens with one attached hydrogen (secondary N) is 2. The molecule has 8 nitrogen and oxygen atoms in total. The molecule has 1 fully saturated rings. The maximum atomic E-state index is 13.8. The Morgan fingerprint density at radius 3 is 2.48 bits per heavy atom. The van der Waals surface area contributed by atoms with E-state index in [1.807, 2.05) is 12.1 Å². The monoisotopic (exact) mass is 470 g/mol. The van der Waals surface area contributed by atoms with Gasteiger partial charge in [0.2, 0.25) is 0 Å². The third kappa shape index (κ3) is 5.47. The van der Waals surface area contributed by atoms with Crippen LogP contribution in [0.15, 0.2) is 71.8 Å². The summed E-state index contributed by atoms with van der Waals surface area (Å²) in [6.07, 6.45) is 1.71. The van der Waals surface area contributed by atoms with Crippen LogP contribution < -0.4 is 14.9 Å². The second-order valence-electron chi connectivity index (χ2n) is 7.38. The van der Waals surface area contributed by atoms with Gasteiger partial charge in [-0.15, -0.1) is 0 Å². The molecule has 3 aromatic rings. The molecule has 2 N–H and O–H groups in total. The Morgan fingerprint density at radius 2 is 1.76 bits per heavy atom. The standard InChI is InChI=1S/C23H23FN4O4S/c24-20-5-1-2-6-21(20)27-33(30,31)19-9-7-17(8-10-19)23(29)26-16-18-4-3-11-25-22(18)28-12-14-32-15-13-28/h1-11,27H,12-16H2,(H,26,29). The molecule has 0 bridgehead atoms.